The summed E-state index contributed by atoms with van der Waals surface area (Å²) in [6.07, 6.45) is -7.96. The summed E-state index contributed by atoms with van der Waals surface area (Å²) in [5.74, 6) is -1.06. The molecule has 2 amide bonds. The summed E-state index contributed by atoms with van der Waals surface area (Å²) in [5, 5.41) is 0. The fourth-order valence-corrected chi connectivity index (χ4v) is 4.15. The number of aromatic nitrogens is 1. The Kier molecular flexibility index (Phi) is 6.15. The molecule has 11 heteroatoms. The van der Waals surface area contributed by atoms with Gasteiger partial charge in [-0.05, 0) is 38.5 Å². The van der Waals surface area contributed by atoms with Gasteiger partial charge >= 0.3 is 18.2 Å². The number of alkyl halides is 4. The minimum absolute atomic E-state index is 0.135. The molecular weight excluding hydrogens is 474 g/mol. The molecule has 0 bridgehead atoms. The van der Waals surface area contributed by atoms with Gasteiger partial charge < -0.3 is 14.4 Å². The van der Waals surface area contributed by atoms with Gasteiger partial charge in [-0.1, -0.05) is 30.3 Å². The van der Waals surface area contributed by atoms with Gasteiger partial charge in [0, 0.05) is 29.7 Å². The summed E-state index contributed by atoms with van der Waals surface area (Å²) in [6.45, 7) is 5.90. The number of amides is 2. The Morgan fingerprint density at radius 1 is 1.06 bits per heavy atom. The van der Waals surface area contributed by atoms with Crippen molar-refractivity contribution >= 4 is 17.4 Å². The zero-order valence-corrected chi connectivity index (χ0v) is 19.3. The van der Waals surface area contributed by atoms with Gasteiger partial charge in [0.2, 0.25) is 0 Å². The SMILES string of the molecule is Cc1cn(-c2ccc3c(c2)OC(F)(F)C(F)(F)O3)/c(=N/C(=O)N(Cc2ccccc2)C(C)C)s1. The molecule has 0 spiro atoms. The van der Waals surface area contributed by atoms with Crippen LogP contribution in [-0.4, -0.2) is 33.8 Å². The second kappa shape index (κ2) is 8.79. The molecular formula is C23H21F4N3O3S. The number of hydrogen-bond donors (Lipinski definition) is 0. The summed E-state index contributed by atoms with van der Waals surface area (Å²) in [5.41, 5.74) is 1.23. The number of urea groups is 1. The van der Waals surface area contributed by atoms with Gasteiger partial charge in [-0.15, -0.1) is 11.3 Å². The Hall–Kier alpha value is -3.34. The van der Waals surface area contributed by atoms with Crippen molar-refractivity contribution in [3.05, 3.63) is 70.0 Å². The van der Waals surface area contributed by atoms with Crippen LogP contribution in [0.25, 0.3) is 5.69 Å². The number of halogens is 4. The minimum atomic E-state index is -4.83. The first-order chi connectivity index (χ1) is 16.0. The highest BCUT2D eigenvalue weighted by Crippen LogP contribution is 2.47. The number of thiazole rings is 1. The Morgan fingerprint density at radius 2 is 1.71 bits per heavy atom. The smallest absolute Gasteiger partial charge is 0.421 e. The van der Waals surface area contributed by atoms with Crippen molar-refractivity contribution in [3.63, 3.8) is 0 Å². The standard InChI is InChI=1S/C23H21F4N3O3S/c1-14(2)29(13-16-7-5-4-6-8-16)20(31)28-21-30(12-15(3)34-21)17-9-10-18-19(11-17)33-23(26,27)22(24,25)32-18/h4-12,14H,13H2,1-3H3/b28-21-. The molecule has 1 aliphatic heterocycles. The van der Waals surface area contributed by atoms with Gasteiger partial charge in [0.25, 0.3) is 0 Å². The number of rotatable bonds is 4. The Morgan fingerprint density at radius 3 is 2.35 bits per heavy atom. The number of ether oxygens (including phenoxy) is 2. The number of aryl methyl sites for hydroxylation is 1. The van der Waals surface area contributed by atoms with Crippen LogP contribution < -0.4 is 14.3 Å². The molecule has 1 aliphatic rings. The summed E-state index contributed by atoms with van der Waals surface area (Å²) in [4.78, 5) is 20.0. The third-order valence-electron chi connectivity index (χ3n) is 5.05. The highest BCUT2D eigenvalue weighted by atomic mass is 32.1. The van der Waals surface area contributed by atoms with Crippen molar-refractivity contribution in [2.45, 2.75) is 45.6 Å². The van der Waals surface area contributed by atoms with Crippen LogP contribution in [0.3, 0.4) is 0 Å². The van der Waals surface area contributed by atoms with Crippen molar-refractivity contribution < 1.29 is 31.8 Å². The fourth-order valence-electron chi connectivity index (χ4n) is 3.32. The monoisotopic (exact) mass is 495 g/mol. The lowest BCUT2D eigenvalue weighted by Gasteiger charge is -2.31. The molecule has 0 aliphatic carbocycles. The second-order valence-corrected chi connectivity index (χ2v) is 9.18. The van der Waals surface area contributed by atoms with E-state index in [4.69, 9.17) is 0 Å². The summed E-state index contributed by atoms with van der Waals surface area (Å²) in [7, 11) is 0. The fraction of sp³-hybridized carbons (Fsp3) is 0.304. The van der Waals surface area contributed by atoms with Crippen molar-refractivity contribution in [2.24, 2.45) is 4.99 Å². The van der Waals surface area contributed by atoms with Crippen LogP contribution in [0.4, 0.5) is 22.4 Å². The van der Waals surface area contributed by atoms with Gasteiger partial charge in [0.05, 0.1) is 5.69 Å². The van der Waals surface area contributed by atoms with Gasteiger partial charge in [0.15, 0.2) is 16.3 Å². The maximum Gasteiger partial charge on any atom is 0.507 e. The van der Waals surface area contributed by atoms with E-state index in [0.29, 0.717) is 12.2 Å². The molecule has 2 aromatic carbocycles. The molecule has 0 saturated carbocycles. The number of fused-ring (bicyclic) bond motifs is 1. The molecule has 0 saturated heterocycles. The lowest BCUT2D eigenvalue weighted by molar-refractivity contribution is -0.391. The molecule has 1 aromatic heterocycles. The van der Waals surface area contributed by atoms with E-state index in [1.54, 1.807) is 18.0 Å². The summed E-state index contributed by atoms with van der Waals surface area (Å²) < 4.78 is 64.0. The molecule has 6 nitrogen and oxygen atoms in total. The zero-order valence-electron chi connectivity index (χ0n) is 18.5. The average Bonchev–Trinajstić information content (AvgIpc) is 3.12. The van der Waals surface area contributed by atoms with E-state index in [9.17, 15) is 22.4 Å². The number of nitrogens with zero attached hydrogens (tertiary/aromatic N) is 3. The Balaban J connectivity index is 1.69. The Labute approximate surface area is 196 Å². The van der Waals surface area contributed by atoms with Gasteiger partial charge in [-0.25, -0.2) is 4.79 Å². The van der Waals surface area contributed by atoms with Crippen LogP contribution in [0.15, 0.2) is 59.7 Å². The van der Waals surface area contributed by atoms with Crippen molar-refractivity contribution in [2.75, 3.05) is 0 Å². The molecule has 2 heterocycles. The van der Waals surface area contributed by atoms with E-state index in [0.717, 1.165) is 22.6 Å². The first-order valence-electron chi connectivity index (χ1n) is 10.3. The molecule has 34 heavy (non-hydrogen) atoms. The average molecular weight is 495 g/mol. The molecule has 3 aromatic rings. The van der Waals surface area contributed by atoms with Crippen LogP contribution in [0, 0.1) is 6.92 Å². The van der Waals surface area contributed by atoms with Crippen LogP contribution in [-0.2, 0) is 6.54 Å². The number of carbonyl (C=O) groups excluding carboxylic acids is 1. The third kappa shape index (κ3) is 4.65. The van der Waals surface area contributed by atoms with E-state index in [1.807, 2.05) is 44.2 Å². The topological polar surface area (TPSA) is 56.1 Å². The number of benzene rings is 2. The maximum atomic E-state index is 13.6. The van der Waals surface area contributed by atoms with Crippen LogP contribution >= 0.6 is 11.3 Å². The first kappa shape index (κ1) is 23.8. The lowest BCUT2D eigenvalue weighted by atomic mass is 10.2. The lowest BCUT2D eigenvalue weighted by Crippen LogP contribution is -2.52. The largest absolute Gasteiger partial charge is 0.507 e. The van der Waals surface area contributed by atoms with E-state index >= 15 is 0 Å². The van der Waals surface area contributed by atoms with E-state index in [1.165, 1.54) is 22.0 Å². The van der Waals surface area contributed by atoms with Gasteiger partial charge in [0.1, 0.15) is 0 Å². The zero-order chi connectivity index (χ0) is 24.7. The second-order valence-electron chi connectivity index (χ2n) is 7.96. The van der Waals surface area contributed by atoms with Crippen LogP contribution in [0.2, 0.25) is 0 Å². The Bertz CT molecular complexity index is 1270. The van der Waals surface area contributed by atoms with E-state index in [2.05, 4.69) is 14.5 Å². The minimum Gasteiger partial charge on any atom is -0.421 e. The predicted molar refractivity (Wildman–Crippen MR) is 118 cm³/mol. The van der Waals surface area contributed by atoms with Crippen molar-refractivity contribution in [3.8, 4) is 17.2 Å². The van der Waals surface area contributed by atoms with Gasteiger partial charge in [-0.3, -0.25) is 4.57 Å². The highest BCUT2D eigenvalue weighted by molar-refractivity contribution is 7.09. The normalized spacial score (nSPS) is 16.5. The van der Waals surface area contributed by atoms with Crippen molar-refractivity contribution in [1.29, 1.82) is 0 Å². The quantitative estimate of drug-likeness (QED) is 0.434. The maximum absolute atomic E-state index is 13.6. The van der Waals surface area contributed by atoms with Crippen LogP contribution in [0.5, 0.6) is 11.5 Å². The molecule has 180 valence electrons. The highest BCUT2D eigenvalue weighted by Gasteiger charge is 2.65. The molecule has 0 unspecified atom stereocenters. The molecule has 4 rings (SSSR count). The third-order valence-corrected chi connectivity index (χ3v) is 5.94. The van der Waals surface area contributed by atoms with Crippen molar-refractivity contribution in [1.82, 2.24) is 9.47 Å². The number of hydrogen-bond acceptors (Lipinski definition) is 4. The predicted octanol–water partition coefficient (Wildman–Crippen LogP) is 5.74. The van der Waals surface area contributed by atoms with E-state index in [-0.39, 0.29) is 10.8 Å². The summed E-state index contributed by atoms with van der Waals surface area (Å²) in [6, 6.07) is 12.5. The first-order valence-corrected chi connectivity index (χ1v) is 11.1. The molecule has 0 fully saturated rings. The number of carbonyl (C=O) groups is 1. The van der Waals surface area contributed by atoms with Gasteiger partial charge in [-0.2, -0.15) is 22.6 Å². The summed E-state index contributed by atoms with van der Waals surface area (Å²) >= 11 is 1.22. The molecule has 0 N–H and O–H groups in total. The molecule has 0 atom stereocenters. The molecule has 0 radical (unpaired) electrons. The van der Waals surface area contributed by atoms with Crippen LogP contribution in [0.1, 0.15) is 24.3 Å². The van der Waals surface area contributed by atoms with E-state index < -0.39 is 29.7 Å².